The lowest BCUT2D eigenvalue weighted by molar-refractivity contribution is -0.00135. The van der Waals surface area contributed by atoms with Crippen LogP contribution in [0.4, 0.5) is 0 Å². The second kappa shape index (κ2) is 6.33. The van der Waals surface area contributed by atoms with E-state index in [2.05, 4.69) is 4.65 Å². The van der Waals surface area contributed by atoms with Gasteiger partial charge in [0.25, 0.3) is 0 Å². The maximum Gasteiger partial charge on any atom is 0.635 e. The van der Waals surface area contributed by atoms with Gasteiger partial charge < -0.3 is 30.6 Å². The molecule has 84 valence electrons. The standard InChI is InChI=1S/C7H18BNO5/c1-4(10)6(5(2)11)3-7(9)14-8(12)13/h4-7,10-13H,3,9H2,1-2H3. The van der Waals surface area contributed by atoms with Gasteiger partial charge in [-0.3, -0.25) is 0 Å². The number of nitrogens with two attached hydrogens (primary N) is 1. The predicted octanol–water partition coefficient (Wildman–Crippen LogP) is -1.97. The minimum atomic E-state index is -1.94. The highest BCUT2D eigenvalue weighted by atomic mass is 16.6. The molecule has 3 atom stereocenters. The summed E-state index contributed by atoms with van der Waals surface area (Å²) in [5.41, 5.74) is 5.39. The molecule has 0 saturated heterocycles. The first kappa shape index (κ1) is 13.8. The largest absolute Gasteiger partial charge is 0.635 e. The summed E-state index contributed by atoms with van der Waals surface area (Å²) in [6.45, 7) is 3.05. The second-order valence-corrected chi connectivity index (χ2v) is 3.38. The maximum absolute atomic E-state index is 9.27. The summed E-state index contributed by atoms with van der Waals surface area (Å²) in [6, 6.07) is 0. The Balaban J connectivity index is 4.03. The zero-order chi connectivity index (χ0) is 11.3. The van der Waals surface area contributed by atoms with Crippen LogP contribution in [0.15, 0.2) is 0 Å². The molecule has 0 amide bonds. The van der Waals surface area contributed by atoms with Crippen molar-refractivity contribution in [3.05, 3.63) is 0 Å². The molecule has 0 spiro atoms. The molecule has 6 nitrogen and oxygen atoms in total. The molecule has 3 unspecified atom stereocenters. The zero-order valence-electron chi connectivity index (χ0n) is 8.37. The van der Waals surface area contributed by atoms with Crippen LogP contribution in [0.3, 0.4) is 0 Å². The summed E-state index contributed by atoms with van der Waals surface area (Å²) in [4.78, 5) is 0. The smallest absolute Gasteiger partial charge is 0.402 e. The van der Waals surface area contributed by atoms with Gasteiger partial charge in [-0.1, -0.05) is 0 Å². The van der Waals surface area contributed by atoms with Gasteiger partial charge in [-0.15, -0.1) is 0 Å². The fraction of sp³-hybridized carbons (Fsp3) is 1.00. The van der Waals surface area contributed by atoms with Crippen LogP contribution >= 0.6 is 0 Å². The third kappa shape index (κ3) is 5.53. The van der Waals surface area contributed by atoms with Crippen molar-refractivity contribution in [2.45, 2.75) is 38.7 Å². The maximum atomic E-state index is 9.27. The number of aliphatic hydroxyl groups excluding tert-OH is 2. The minimum Gasteiger partial charge on any atom is -0.402 e. The Kier molecular flexibility index (Phi) is 6.26. The topological polar surface area (TPSA) is 116 Å². The van der Waals surface area contributed by atoms with E-state index in [-0.39, 0.29) is 6.42 Å². The van der Waals surface area contributed by atoms with Crippen LogP contribution in [0.2, 0.25) is 0 Å². The normalized spacial score (nSPS) is 19.9. The van der Waals surface area contributed by atoms with E-state index in [4.69, 9.17) is 15.8 Å². The lowest BCUT2D eigenvalue weighted by atomic mass is 9.93. The van der Waals surface area contributed by atoms with E-state index in [9.17, 15) is 10.2 Å². The van der Waals surface area contributed by atoms with Gasteiger partial charge in [-0.2, -0.15) is 0 Å². The Morgan fingerprint density at radius 3 is 1.93 bits per heavy atom. The Morgan fingerprint density at radius 1 is 1.21 bits per heavy atom. The second-order valence-electron chi connectivity index (χ2n) is 3.38. The monoisotopic (exact) mass is 207 g/mol. The highest BCUT2D eigenvalue weighted by Gasteiger charge is 2.25. The number of hydrogen-bond donors (Lipinski definition) is 5. The molecule has 0 aliphatic carbocycles. The van der Waals surface area contributed by atoms with Crippen molar-refractivity contribution in [1.29, 1.82) is 0 Å². The van der Waals surface area contributed by atoms with Crippen molar-refractivity contribution in [3.8, 4) is 0 Å². The summed E-state index contributed by atoms with van der Waals surface area (Å²) < 4.78 is 4.45. The Bertz CT molecular complexity index is 147. The van der Waals surface area contributed by atoms with Gasteiger partial charge in [0.2, 0.25) is 0 Å². The summed E-state index contributed by atoms with van der Waals surface area (Å²) in [5, 5.41) is 35.4. The third-order valence-corrected chi connectivity index (χ3v) is 2.04. The Labute approximate surface area is 83.5 Å². The molecule has 0 aromatic carbocycles. The molecule has 0 aromatic rings. The molecule has 6 N–H and O–H groups in total. The van der Waals surface area contributed by atoms with Gasteiger partial charge >= 0.3 is 7.32 Å². The predicted molar refractivity (Wildman–Crippen MR) is 50.7 cm³/mol. The first-order valence-corrected chi connectivity index (χ1v) is 4.48. The minimum absolute atomic E-state index is 0.146. The average molecular weight is 207 g/mol. The fourth-order valence-corrected chi connectivity index (χ4v) is 1.28. The molecule has 0 fully saturated rings. The van der Waals surface area contributed by atoms with Crippen LogP contribution in [-0.2, 0) is 4.65 Å². The molecule has 7 heteroatoms. The van der Waals surface area contributed by atoms with E-state index in [0.29, 0.717) is 0 Å². The van der Waals surface area contributed by atoms with E-state index in [0.717, 1.165) is 0 Å². The van der Waals surface area contributed by atoms with E-state index in [1.54, 1.807) is 0 Å². The van der Waals surface area contributed by atoms with Crippen molar-refractivity contribution >= 4 is 7.32 Å². The highest BCUT2D eigenvalue weighted by molar-refractivity contribution is 6.32. The van der Waals surface area contributed by atoms with Gasteiger partial charge in [-0.05, 0) is 20.3 Å². The van der Waals surface area contributed by atoms with E-state index < -0.39 is 31.7 Å². The molecule has 0 rings (SSSR count). The van der Waals surface area contributed by atoms with E-state index >= 15 is 0 Å². The fourth-order valence-electron chi connectivity index (χ4n) is 1.28. The van der Waals surface area contributed by atoms with Crippen molar-refractivity contribution in [2.75, 3.05) is 0 Å². The molecule has 0 bridgehead atoms. The van der Waals surface area contributed by atoms with Crippen molar-refractivity contribution in [3.63, 3.8) is 0 Å². The van der Waals surface area contributed by atoms with E-state index in [1.165, 1.54) is 13.8 Å². The number of hydrogen-bond acceptors (Lipinski definition) is 6. The Morgan fingerprint density at radius 2 is 1.64 bits per heavy atom. The molecule has 0 aliphatic rings. The van der Waals surface area contributed by atoms with Gasteiger partial charge in [0, 0.05) is 5.92 Å². The summed E-state index contributed by atoms with van der Waals surface area (Å²) in [5.74, 6) is -0.455. The van der Waals surface area contributed by atoms with Crippen LogP contribution in [0.5, 0.6) is 0 Å². The average Bonchev–Trinajstić information content (AvgIpc) is 1.97. The summed E-state index contributed by atoms with van der Waals surface area (Å²) >= 11 is 0. The van der Waals surface area contributed by atoms with Crippen LogP contribution in [0.25, 0.3) is 0 Å². The van der Waals surface area contributed by atoms with Crippen LogP contribution in [-0.4, -0.2) is 46.0 Å². The molecule has 0 heterocycles. The molecule has 14 heavy (non-hydrogen) atoms. The first-order chi connectivity index (χ1) is 6.34. The van der Waals surface area contributed by atoms with Gasteiger partial charge in [0.15, 0.2) is 0 Å². The SMILES string of the molecule is CC(O)C(CC(N)OB(O)O)C(C)O. The van der Waals surface area contributed by atoms with Crippen molar-refractivity contribution < 1.29 is 24.9 Å². The van der Waals surface area contributed by atoms with Crippen molar-refractivity contribution in [1.82, 2.24) is 0 Å². The molecule has 0 aliphatic heterocycles. The van der Waals surface area contributed by atoms with Crippen LogP contribution in [0, 0.1) is 5.92 Å². The van der Waals surface area contributed by atoms with E-state index in [1.807, 2.05) is 0 Å². The van der Waals surface area contributed by atoms with Crippen LogP contribution < -0.4 is 5.73 Å². The van der Waals surface area contributed by atoms with Gasteiger partial charge in [0.05, 0.1) is 18.4 Å². The number of aliphatic hydroxyl groups is 2. The van der Waals surface area contributed by atoms with Crippen molar-refractivity contribution in [2.24, 2.45) is 11.7 Å². The molecule has 0 saturated carbocycles. The summed E-state index contributed by atoms with van der Waals surface area (Å²) in [7, 11) is -1.94. The molecule has 0 aromatic heterocycles. The Hall–Kier alpha value is -0.175. The van der Waals surface area contributed by atoms with Crippen LogP contribution in [0.1, 0.15) is 20.3 Å². The molecular weight excluding hydrogens is 189 g/mol. The highest BCUT2D eigenvalue weighted by Crippen LogP contribution is 2.16. The zero-order valence-corrected chi connectivity index (χ0v) is 8.37. The number of rotatable bonds is 6. The van der Waals surface area contributed by atoms with Gasteiger partial charge in [-0.25, -0.2) is 0 Å². The van der Waals surface area contributed by atoms with Gasteiger partial charge in [0.1, 0.15) is 0 Å². The third-order valence-electron chi connectivity index (χ3n) is 2.04. The first-order valence-electron chi connectivity index (χ1n) is 4.48. The lowest BCUT2D eigenvalue weighted by Gasteiger charge is -2.25. The quantitative estimate of drug-likeness (QED) is 0.254. The molecule has 0 radical (unpaired) electrons. The lowest BCUT2D eigenvalue weighted by Crippen LogP contribution is -2.39. The summed E-state index contributed by atoms with van der Waals surface area (Å²) in [6.07, 6.45) is -2.25. The molecular formula is C7H18BNO5.